The summed E-state index contributed by atoms with van der Waals surface area (Å²) in [6.45, 7) is 2.05. The Labute approximate surface area is 123 Å². The molecular weight excluding hydrogens is 266 g/mol. The molecule has 1 amide bonds. The molecule has 0 radical (unpaired) electrons. The lowest BCUT2D eigenvalue weighted by atomic mass is 9.82. The number of aryl methyl sites for hydroxylation is 1. The van der Waals surface area contributed by atoms with Crippen molar-refractivity contribution in [3.63, 3.8) is 0 Å². The van der Waals surface area contributed by atoms with Gasteiger partial charge >= 0.3 is 0 Å². The van der Waals surface area contributed by atoms with Crippen molar-refractivity contribution in [1.29, 1.82) is 0 Å². The van der Waals surface area contributed by atoms with Crippen LogP contribution in [0.2, 0.25) is 0 Å². The summed E-state index contributed by atoms with van der Waals surface area (Å²) in [4.78, 5) is 13.8. The summed E-state index contributed by atoms with van der Waals surface area (Å²) in [5.41, 5.74) is 2.55. The van der Waals surface area contributed by atoms with E-state index in [2.05, 4.69) is 36.5 Å². The summed E-state index contributed by atoms with van der Waals surface area (Å²) < 4.78 is 0. The first kappa shape index (κ1) is 13.4. The van der Waals surface area contributed by atoms with Gasteiger partial charge in [0, 0.05) is 4.88 Å². The minimum Gasteiger partial charge on any atom is -0.348 e. The van der Waals surface area contributed by atoms with E-state index in [1.165, 1.54) is 16.0 Å². The standard InChI is InChI=1S/C17H19NOS/c1-12(16-10-5-11-20-16)18-17(19)15-9-4-7-13-6-2-3-8-14(13)15/h2-3,5-6,8,10-12,15H,4,7,9H2,1H3,(H,18,19)/t12-,15+/m1/s1. The lowest BCUT2D eigenvalue weighted by molar-refractivity contribution is -0.123. The van der Waals surface area contributed by atoms with Crippen LogP contribution in [-0.2, 0) is 11.2 Å². The highest BCUT2D eigenvalue weighted by Gasteiger charge is 2.27. The highest BCUT2D eigenvalue weighted by atomic mass is 32.1. The minimum absolute atomic E-state index is 0.0161. The third-order valence-corrected chi connectivity index (χ3v) is 5.07. The number of fused-ring (bicyclic) bond motifs is 1. The summed E-state index contributed by atoms with van der Waals surface area (Å²) in [6.07, 6.45) is 3.16. The Morgan fingerprint density at radius 2 is 2.15 bits per heavy atom. The molecule has 1 aliphatic carbocycles. The van der Waals surface area contributed by atoms with E-state index in [0.29, 0.717) is 0 Å². The van der Waals surface area contributed by atoms with E-state index in [9.17, 15) is 4.79 Å². The van der Waals surface area contributed by atoms with Gasteiger partial charge < -0.3 is 5.32 Å². The van der Waals surface area contributed by atoms with Crippen LogP contribution in [0, 0.1) is 0 Å². The molecule has 0 spiro atoms. The molecule has 1 N–H and O–H groups in total. The van der Waals surface area contributed by atoms with E-state index in [4.69, 9.17) is 0 Å². The first-order valence-corrected chi connectivity index (χ1v) is 8.05. The second-order valence-electron chi connectivity index (χ2n) is 5.39. The summed E-state index contributed by atoms with van der Waals surface area (Å²) in [5.74, 6) is 0.181. The number of hydrogen-bond acceptors (Lipinski definition) is 2. The molecule has 104 valence electrons. The van der Waals surface area contributed by atoms with Gasteiger partial charge in [-0.15, -0.1) is 11.3 Å². The van der Waals surface area contributed by atoms with Gasteiger partial charge in [-0.2, -0.15) is 0 Å². The zero-order chi connectivity index (χ0) is 13.9. The van der Waals surface area contributed by atoms with Gasteiger partial charge in [0.2, 0.25) is 5.91 Å². The molecule has 0 saturated heterocycles. The number of nitrogens with one attached hydrogen (secondary N) is 1. The molecule has 0 bridgehead atoms. The van der Waals surface area contributed by atoms with Crippen LogP contribution in [0.1, 0.15) is 47.7 Å². The summed E-state index contributed by atoms with van der Waals surface area (Å²) in [7, 11) is 0. The highest BCUT2D eigenvalue weighted by molar-refractivity contribution is 7.10. The minimum atomic E-state index is 0.0161. The molecule has 1 aromatic heterocycles. The van der Waals surface area contributed by atoms with Gasteiger partial charge in [0.15, 0.2) is 0 Å². The lowest BCUT2D eigenvalue weighted by Crippen LogP contribution is -2.33. The van der Waals surface area contributed by atoms with Gasteiger partial charge in [0.05, 0.1) is 12.0 Å². The SMILES string of the molecule is C[C@@H](NC(=O)[C@H]1CCCc2ccccc21)c1cccs1. The van der Waals surface area contributed by atoms with Crippen molar-refractivity contribution in [2.45, 2.75) is 38.1 Å². The summed E-state index contributed by atoms with van der Waals surface area (Å²) in [6, 6.07) is 12.5. The van der Waals surface area contributed by atoms with Crippen LogP contribution in [-0.4, -0.2) is 5.91 Å². The van der Waals surface area contributed by atoms with Crippen molar-refractivity contribution < 1.29 is 4.79 Å². The average Bonchev–Trinajstić information content (AvgIpc) is 3.01. The monoisotopic (exact) mass is 285 g/mol. The van der Waals surface area contributed by atoms with E-state index in [1.54, 1.807) is 11.3 Å². The van der Waals surface area contributed by atoms with E-state index in [0.717, 1.165) is 19.3 Å². The van der Waals surface area contributed by atoms with Crippen LogP contribution in [0.25, 0.3) is 0 Å². The van der Waals surface area contributed by atoms with Crippen molar-refractivity contribution >= 4 is 17.2 Å². The number of carbonyl (C=O) groups is 1. The maximum absolute atomic E-state index is 12.6. The van der Waals surface area contributed by atoms with E-state index in [1.807, 2.05) is 17.5 Å². The van der Waals surface area contributed by atoms with Crippen LogP contribution >= 0.6 is 11.3 Å². The normalized spacial score (nSPS) is 19.1. The fraction of sp³-hybridized carbons (Fsp3) is 0.353. The van der Waals surface area contributed by atoms with Gasteiger partial charge in [-0.05, 0) is 48.8 Å². The molecule has 3 heteroatoms. The van der Waals surface area contributed by atoms with Gasteiger partial charge in [0.1, 0.15) is 0 Å². The van der Waals surface area contributed by atoms with Crippen LogP contribution in [0.3, 0.4) is 0 Å². The fourth-order valence-electron chi connectivity index (χ4n) is 2.95. The molecule has 1 aromatic carbocycles. The number of thiophene rings is 1. The molecule has 0 saturated carbocycles. The molecule has 2 atom stereocenters. The quantitative estimate of drug-likeness (QED) is 0.906. The summed E-state index contributed by atoms with van der Waals surface area (Å²) >= 11 is 1.69. The number of hydrogen-bond donors (Lipinski definition) is 1. The number of rotatable bonds is 3. The molecule has 20 heavy (non-hydrogen) atoms. The zero-order valence-corrected chi connectivity index (χ0v) is 12.5. The topological polar surface area (TPSA) is 29.1 Å². The predicted octanol–water partition coefficient (Wildman–Crippen LogP) is 4.05. The Hall–Kier alpha value is -1.61. The van der Waals surface area contributed by atoms with Crippen molar-refractivity contribution in [2.24, 2.45) is 0 Å². The largest absolute Gasteiger partial charge is 0.348 e. The lowest BCUT2D eigenvalue weighted by Gasteiger charge is -2.26. The fourth-order valence-corrected chi connectivity index (χ4v) is 3.68. The van der Waals surface area contributed by atoms with Crippen molar-refractivity contribution in [2.75, 3.05) is 0 Å². The molecule has 0 fully saturated rings. The molecule has 0 unspecified atom stereocenters. The van der Waals surface area contributed by atoms with Crippen molar-refractivity contribution in [3.8, 4) is 0 Å². The Morgan fingerprint density at radius 3 is 2.95 bits per heavy atom. The Balaban J connectivity index is 1.75. The first-order chi connectivity index (χ1) is 9.75. The third-order valence-electron chi connectivity index (χ3n) is 4.01. The Kier molecular flexibility index (Phi) is 3.88. The zero-order valence-electron chi connectivity index (χ0n) is 11.6. The molecule has 2 nitrogen and oxygen atoms in total. The Bertz CT molecular complexity index is 591. The third kappa shape index (κ3) is 2.63. The summed E-state index contributed by atoms with van der Waals surface area (Å²) in [5, 5.41) is 5.21. The first-order valence-electron chi connectivity index (χ1n) is 7.17. The van der Waals surface area contributed by atoms with Gasteiger partial charge in [-0.3, -0.25) is 4.79 Å². The smallest absolute Gasteiger partial charge is 0.228 e. The van der Waals surface area contributed by atoms with E-state index < -0.39 is 0 Å². The van der Waals surface area contributed by atoms with Gasteiger partial charge in [0.25, 0.3) is 0 Å². The van der Waals surface area contributed by atoms with Crippen LogP contribution < -0.4 is 5.32 Å². The van der Waals surface area contributed by atoms with Crippen LogP contribution in [0.5, 0.6) is 0 Å². The highest BCUT2D eigenvalue weighted by Crippen LogP contribution is 2.32. The van der Waals surface area contributed by atoms with Crippen LogP contribution in [0.15, 0.2) is 41.8 Å². The predicted molar refractivity (Wildman–Crippen MR) is 83.0 cm³/mol. The molecule has 0 aliphatic heterocycles. The maximum atomic E-state index is 12.6. The number of benzene rings is 1. The molecule has 3 rings (SSSR count). The average molecular weight is 285 g/mol. The van der Waals surface area contributed by atoms with Crippen molar-refractivity contribution in [3.05, 3.63) is 57.8 Å². The molecule has 1 heterocycles. The van der Waals surface area contributed by atoms with E-state index >= 15 is 0 Å². The second kappa shape index (κ2) is 5.80. The molecular formula is C17H19NOS. The number of amides is 1. The van der Waals surface area contributed by atoms with Crippen molar-refractivity contribution in [1.82, 2.24) is 5.32 Å². The number of carbonyl (C=O) groups excluding carboxylic acids is 1. The van der Waals surface area contributed by atoms with Gasteiger partial charge in [-0.1, -0.05) is 30.3 Å². The molecule has 2 aromatic rings. The van der Waals surface area contributed by atoms with Gasteiger partial charge in [-0.25, -0.2) is 0 Å². The van der Waals surface area contributed by atoms with E-state index in [-0.39, 0.29) is 17.9 Å². The Morgan fingerprint density at radius 1 is 1.30 bits per heavy atom. The molecule has 1 aliphatic rings. The second-order valence-corrected chi connectivity index (χ2v) is 6.37. The van der Waals surface area contributed by atoms with Crippen LogP contribution in [0.4, 0.5) is 0 Å². The maximum Gasteiger partial charge on any atom is 0.228 e.